The van der Waals surface area contributed by atoms with Crippen LogP contribution in [0.4, 0.5) is 13.2 Å². The minimum atomic E-state index is -4.49. The van der Waals surface area contributed by atoms with Crippen molar-refractivity contribution in [3.05, 3.63) is 47.1 Å². The summed E-state index contributed by atoms with van der Waals surface area (Å²) in [7, 11) is 1.31. The minimum absolute atomic E-state index is 0.0446. The number of allylic oxidation sites excluding steroid dienone is 5. The maximum Gasteiger partial charge on any atom is 0.393 e. The molecule has 10 heteroatoms. The highest BCUT2D eigenvalue weighted by Crippen LogP contribution is 2.36. The van der Waals surface area contributed by atoms with Crippen LogP contribution < -0.4 is 10.6 Å². The third kappa shape index (κ3) is 5.99. The van der Waals surface area contributed by atoms with E-state index in [1.807, 2.05) is 0 Å². The normalized spacial score (nSPS) is 23.5. The van der Waals surface area contributed by atoms with Crippen LogP contribution in [-0.2, 0) is 9.59 Å². The number of rotatable bonds is 7. The van der Waals surface area contributed by atoms with Crippen LogP contribution in [-0.4, -0.2) is 42.2 Å². The standard InChI is InChI=1S/C17H20ClF3N4O2/c1-5-7-13(22-6-2)23-11(9-26)8-12(18)14-15(27)24-16(3,25(14)4)10-17(19,20)21/h5-9,23H,1,10H2,2-4H3,(H,24,27)/b11-8+,13-7+,14-12+,22-6-. The highest BCUT2D eigenvalue weighted by atomic mass is 35.5. The van der Waals surface area contributed by atoms with Gasteiger partial charge in [0.15, 0.2) is 6.29 Å². The second-order valence-electron chi connectivity index (χ2n) is 5.79. The number of likely N-dealkylation sites (N-methyl/N-ethyl adjacent to an activating group) is 1. The van der Waals surface area contributed by atoms with Crippen molar-refractivity contribution >= 4 is 30.0 Å². The van der Waals surface area contributed by atoms with Gasteiger partial charge in [-0.25, -0.2) is 4.99 Å². The third-order valence-electron chi connectivity index (χ3n) is 3.67. The van der Waals surface area contributed by atoms with Crippen LogP contribution in [0.3, 0.4) is 0 Å². The van der Waals surface area contributed by atoms with E-state index in [9.17, 15) is 22.8 Å². The van der Waals surface area contributed by atoms with Crippen LogP contribution in [0.5, 0.6) is 0 Å². The molecule has 1 fully saturated rings. The fourth-order valence-corrected chi connectivity index (χ4v) is 2.76. The van der Waals surface area contributed by atoms with Gasteiger partial charge in [0.25, 0.3) is 5.91 Å². The minimum Gasteiger partial charge on any atom is -0.346 e. The summed E-state index contributed by atoms with van der Waals surface area (Å²) in [4.78, 5) is 28.6. The zero-order valence-electron chi connectivity index (χ0n) is 15.0. The molecule has 0 radical (unpaired) electrons. The van der Waals surface area contributed by atoms with Gasteiger partial charge in [-0.05, 0) is 26.0 Å². The molecule has 0 bridgehead atoms. The van der Waals surface area contributed by atoms with Gasteiger partial charge in [0.05, 0.1) is 17.2 Å². The highest BCUT2D eigenvalue weighted by molar-refractivity contribution is 6.33. The Morgan fingerprint density at radius 1 is 1.48 bits per heavy atom. The Hall–Kier alpha value is -2.55. The number of carbonyl (C=O) groups is 2. The van der Waals surface area contributed by atoms with Crippen molar-refractivity contribution in [2.24, 2.45) is 4.99 Å². The van der Waals surface area contributed by atoms with E-state index in [-0.39, 0.29) is 22.2 Å². The lowest BCUT2D eigenvalue weighted by Gasteiger charge is -2.33. The van der Waals surface area contributed by atoms with E-state index >= 15 is 0 Å². The molecule has 0 aromatic carbocycles. The lowest BCUT2D eigenvalue weighted by atomic mass is 10.1. The van der Waals surface area contributed by atoms with E-state index in [1.54, 1.807) is 6.92 Å². The fraction of sp³-hybridized carbons (Fsp3) is 0.353. The molecule has 0 saturated carbocycles. The molecule has 1 atom stereocenters. The van der Waals surface area contributed by atoms with Crippen molar-refractivity contribution in [1.29, 1.82) is 0 Å². The first kappa shape index (κ1) is 22.5. The molecule has 1 unspecified atom stereocenters. The number of amides is 1. The quantitative estimate of drug-likeness (QED) is 0.296. The Labute approximate surface area is 160 Å². The number of aliphatic imine (C=N–C) groups is 1. The maximum atomic E-state index is 12.8. The van der Waals surface area contributed by atoms with E-state index < -0.39 is 24.2 Å². The molecular weight excluding hydrogens is 385 g/mol. The summed E-state index contributed by atoms with van der Waals surface area (Å²) in [6.45, 7) is 6.42. The molecule has 148 valence electrons. The fourth-order valence-electron chi connectivity index (χ4n) is 2.43. The highest BCUT2D eigenvalue weighted by Gasteiger charge is 2.49. The SMILES string of the molecule is C=C/C=C(\N=C/C)N/C(C=O)=C/C(Cl)=C1/C(=O)NC(C)(CC(F)(F)F)N1C. The number of nitrogens with zero attached hydrogens (tertiary/aromatic N) is 2. The predicted molar refractivity (Wildman–Crippen MR) is 97.6 cm³/mol. The number of hydrogen-bond donors (Lipinski definition) is 2. The zero-order chi connectivity index (χ0) is 20.8. The second-order valence-corrected chi connectivity index (χ2v) is 6.20. The number of aldehydes is 1. The monoisotopic (exact) mass is 404 g/mol. The van der Waals surface area contributed by atoms with E-state index in [0.29, 0.717) is 6.29 Å². The topological polar surface area (TPSA) is 73.8 Å². The molecule has 6 nitrogen and oxygen atoms in total. The molecule has 27 heavy (non-hydrogen) atoms. The first-order chi connectivity index (χ1) is 12.5. The Balaban J connectivity index is 3.24. The molecule has 1 aliphatic heterocycles. The lowest BCUT2D eigenvalue weighted by molar-refractivity contribution is -0.158. The smallest absolute Gasteiger partial charge is 0.346 e. The van der Waals surface area contributed by atoms with Crippen molar-refractivity contribution < 1.29 is 22.8 Å². The first-order valence-electron chi connectivity index (χ1n) is 7.75. The van der Waals surface area contributed by atoms with Gasteiger partial charge in [-0.15, -0.1) is 0 Å². The number of hydrogen-bond acceptors (Lipinski definition) is 5. The van der Waals surface area contributed by atoms with Gasteiger partial charge in [0, 0.05) is 13.3 Å². The summed E-state index contributed by atoms with van der Waals surface area (Å²) in [5, 5.41) is 4.76. The lowest BCUT2D eigenvalue weighted by Crippen LogP contribution is -2.50. The van der Waals surface area contributed by atoms with Gasteiger partial charge in [-0.1, -0.05) is 24.3 Å². The number of carbonyl (C=O) groups excluding carboxylic acids is 2. The molecule has 0 aromatic rings. The summed E-state index contributed by atoms with van der Waals surface area (Å²) < 4.78 is 38.4. The van der Waals surface area contributed by atoms with E-state index in [4.69, 9.17) is 11.6 Å². The molecule has 0 spiro atoms. The van der Waals surface area contributed by atoms with Gasteiger partial charge < -0.3 is 15.5 Å². The van der Waals surface area contributed by atoms with Crippen LogP contribution in [0.2, 0.25) is 0 Å². The Morgan fingerprint density at radius 3 is 2.59 bits per heavy atom. The summed E-state index contributed by atoms with van der Waals surface area (Å²) in [5.74, 6) is -0.490. The zero-order valence-corrected chi connectivity index (χ0v) is 15.8. The van der Waals surface area contributed by atoms with E-state index in [2.05, 4.69) is 22.2 Å². The second kappa shape index (κ2) is 8.90. The molecule has 2 N–H and O–H groups in total. The largest absolute Gasteiger partial charge is 0.393 e. The van der Waals surface area contributed by atoms with Gasteiger partial charge in [-0.3, -0.25) is 9.59 Å². The maximum absolute atomic E-state index is 12.8. The van der Waals surface area contributed by atoms with Crippen molar-refractivity contribution in [2.45, 2.75) is 32.1 Å². The Bertz CT molecular complexity index is 741. The average Bonchev–Trinajstić information content (AvgIpc) is 2.74. The molecule has 1 saturated heterocycles. The molecule has 1 heterocycles. The molecule has 0 aromatic heterocycles. The summed E-state index contributed by atoms with van der Waals surface area (Å²) in [6, 6.07) is 0. The molecule has 1 rings (SSSR count). The van der Waals surface area contributed by atoms with Crippen molar-refractivity contribution in [3.8, 4) is 0 Å². The van der Waals surface area contributed by atoms with Crippen LogP contribution in [0.15, 0.2) is 52.0 Å². The van der Waals surface area contributed by atoms with Crippen LogP contribution >= 0.6 is 11.6 Å². The predicted octanol–water partition coefficient (Wildman–Crippen LogP) is 2.96. The van der Waals surface area contributed by atoms with Gasteiger partial charge in [0.2, 0.25) is 0 Å². The molecule has 1 aliphatic rings. The van der Waals surface area contributed by atoms with E-state index in [1.165, 1.54) is 32.3 Å². The van der Waals surface area contributed by atoms with Crippen molar-refractivity contribution in [3.63, 3.8) is 0 Å². The number of nitrogens with one attached hydrogen (secondary N) is 2. The van der Waals surface area contributed by atoms with Crippen LogP contribution in [0.1, 0.15) is 20.3 Å². The van der Waals surface area contributed by atoms with Gasteiger partial charge in [0.1, 0.15) is 17.2 Å². The van der Waals surface area contributed by atoms with Crippen molar-refractivity contribution in [2.75, 3.05) is 7.05 Å². The molecule has 1 amide bonds. The Kier molecular flexibility index (Phi) is 7.41. The van der Waals surface area contributed by atoms with Crippen molar-refractivity contribution in [1.82, 2.24) is 15.5 Å². The summed E-state index contributed by atoms with van der Waals surface area (Å²) in [6.07, 6.45) is 0.230. The summed E-state index contributed by atoms with van der Waals surface area (Å²) in [5.41, 5.74) is -1.91. The van der Waals surface area contributed by atoms with Gasteiger partial charge >= 0.3 is 6.18 Å². The Morgan fingerprint density at radius 2 is 2.11 bits per heavy atom. The van der Waals surface area contributed by atoms with Crippen LogP contribution in [0, 0.1) is 0 Å². The number of alkyl halides is 3. The first-order valence-corrected chi connectivity index (χ1v) is 8.13. The number of halogens is 4. The average molecular weight is 405 g/mol. The third-order valence-corrected chi connectivity index (χ3v) is 3.96. The van der Waals surface area contributed by atoms with Gasteiger partial charge in [-0.2, -0.15) is 13.2 Å². The summed E-state index contributed by atoms with van der Waals surface area (Å²) >= 11 is 6.13. The van der Waals surface area contributed by atoms with Crippen LogP contribution in [0.25, 0.3) is 0 Å². The molecule has 0 aliphatic carbocycles. The van der Waals surface area contributed by atoms with E-state index in [0.717, 1.165) is 11.0 Å². The molecular formula is C17H20ClF3N4O2.